The fourth-order valence-corrected chi connectivity index (χ4v) is 3.10. The van der Waals surface area contributed by atoms with Crippen LogP contribution in [0.1, 0.15) is 53.7 Å². The zero-order valence-electron chi connectivity index (χ0n) is 13.7. The molecular weight excluding hydrogens is 308 g/mol. The van der Waals surface area contributed by atoms with Gasteiger partial charge in [0.15, 0.2) is 5.78 Å². The maximum Gasteiger partial charge on any atom is 0.220 e. The third kappa shape index (κ3) is 4.73. The predicted octanol–water partition coefficient (Wildman–Crippen LogP) is 3.93. The van der Waals surface area contributed by atoms with Crippen LogP contribution >= 0.6 is 11.3 Å². The molecular formula is C18H22N2O2S. The summed E-state index contributed by atoms with van der Waals surface area (Å²) in [6.07, 6.45) is 2.17. The van der Waals surface area contributed by atoms with Crippen LogP contribution in [0.3, 0.4) is 0 Å². The van der Waals surface area contributed by atoms with Crippen molar-refractivity contribution in [3.8, 4) is 0 Å². The first-order chi connectivity index (χ1) is 11.0. The van der Waals surface area contributed by atoms with Gasteiger partial charge in [0.05, 0.1) is 16.6 Å². The lowest BCUT2D eigenvalue weighted by atomic mass is 9.97. The van der Waals surface area contributed by atoms with Gasteiger partial charge in [0.25, 0.3) is 0 Å². The number of thiophene rings is 1. The molecule has 0 saturated heterocycles. The van der Waals surface area contributed by atoms with E-state index < -0.39 is 0 Å². The molecule has 0 saturated carbocycles. The van der Waals surface area contributed by atoms with Gasteiger partial charge in [-0.25, -0.2) is 0 Å². The molecule has 2 aromatic heterocycles. The van der Waals surface area contributed by atoms with Gasteiger partial charge < -0.3 is 5.32 Å². The summed E-state index contributed by atoms with van der Waals surface area (Å²) in [7, 11) is 0. The second-order valence-electron chi connectivity index (χ2n) is 5.90. The van der Waals surface area contributed by atoms with Gasteiger partial charge in [-0.15, -0.1) is 11.3 Å². The van der Waals surface area contributed by atoms with Gasteiger partial charge >= 0.3 is 0 Å². The van der Waals surface area contributed by atoms with Crippen LogP contribution in [0.15, 0.2) is 35.8 Å². The number of nitrogens with one attached hydrogen (secondary N) is 1. The summed E-state index contributed by atoms with van der Waals surface area (Å²) >= 11 is 1.41. The van der Waals surface area contributed by atoms with E-state index in [1.165, 1.54) is 11.3 Å². The molecule has 5 heteroatoms. The van der Waals surface area contributed by atoms with Crippen molar-refractivity contribution in [2.75, 3.05) is 0 Å². The molecule has 122 valence electrons. The van der Waals surface area contributed by atoms with Crippen molar-refractivity contribution in [1.29, 1.82) is 0 Å². The van der Waals surface area contributed by atoms with Crippen molar-refractivity contribution in [1.82, 2.24) is 10.3 Å². The van der Waals surface area contributed by atoms with E-state index in [9.17, 15) is 9.59 Å². The molecule has 0 bridgehead atoms. The van der Waals surface area contributed by atoms with Gasteiger partial charge in [-0.3, -0.25) is 14.6 Å². The lowest BCUT2D eigenvalue weighted by molar-refractivity contribution is -0.122. The molecule has 0 aliphatic carbocycles. The van der Waals surface area contributed by atoms with Crippen molar-refractivity contribution in [2.24, 2.45) is 5.92 Å². The number of carbonyl (C=O) groups is 2. The van der Waals surface area contributed by atoms with Gasteiger partial charge in [0, 0.05) is 19.0 Å². The van der Waals surface area contributed by atoms with E-state index in [-0.39, 0.29) is 36.5 Å². The van der Waals surface area contributed by atoms with Crippen LogP contribution in [0, 0.1) is 12.8 Å². The largest absolute Gasteiger partial charge is 0.347 e. The summed E-state index contributed by atoms with van der Waals surface area (Å²) in [6, 6.07) is 7.37. The monoisotopic (exact) mass is 330 g/mol. The van der Waals surface area contributed by atoms with E-state index >= 15 is 0 Å². The van der Waals surface area contributed by atoms with Crippen LogP contribution in [0.4, 0.5) is 0 Å². The molecule has 0 radical (unpaired) electrons. The molecule has 4 nitrogen and oxygen atoms in total. The van der Waals surface area contributed by atoms with Crippen molar-refractivity contribution in [3.63, 3.8) is 0 Å². The van der Waals surface area contributed by atoms with Crippen molar-refractivity contribution < 1.29 is 9.59 Å². The lowest BCUT2D eigenvalue weighted by Crippen LogP contribution is -2.33. The molecule has 1 N–H and O–H groups in total. The number of aromatic nitrogens is 1. The predicted molar refractivity (Wildman–Crippen MR) is 92.6 cm³/mol. The van der Waals surface area contributed by atoms with E-state index in [0.29, 0.717) is 4.88 Å². The Bertz CT molecular complexity index is 665. The van der Waals surface area contributed by atoms with Gasteiger partial charge in [0.2, 0.25) is 5.91 Å². The standard InChI is InChI=1S/C18H22N2O2S/c1-12(2)17(18-13(3)6-4-10-19-18)20-16(22)9-8-14(21)15-7-5-11-23-15/h4-7,10-12,17H,8-9H2,1-3H3,(H,20,22). The minimum Gasteiger partial charge on any atom is -0.347 e. The van der Waals surface area contributed by atoms with Crippen LogP contribution < -0.4 is 5.32 Å². The fourth-order valence-electron chi connectivity index (χ4n) is 2.41. The van der Waals surface area contributed by atoms with E-state index in [1.54, 1.807) is 12.3 Å². The number of nitrogens with zero attached hydrogens (tertiary/aromatic N) is 1. The van der Waals surface area contributed by atoms with Crippen molar-refractivity contribution >= 4 is 23.0 Å². The molecule has 2 rings (SSSR count). The molecule has 2 heterocycles. The number of Topliss-reactive ketones (excluding diaryl/α,β-unsaturated/α-hetero) is 1. The zero-order valence-corrected chi connectivity index (χ0v) is 14.5. The quantitative estimate of drug-likeness (QED) is 0.783. The van der Waals surface area contributed by atoms with Gasteiger partial charge in [0.1, 0.15) is 0 Å². The van der Waals surface area contributed by atoms with E-state index in [0.717, 1.165) is 11.3 Å². The smallest absolute Gasteiger partial charge is 0.220 e. The summed E-state index contributed by atoms with van der Waals surface area (Å²) in [5, 5.41) is 4.89. The van der Waals surface area contributed by atoms with Crippen molar-refractivity contribution in [2.45, 2.75) is 39.7 Å². The number of amides is 1. The summed E-state index contributed by atoms with van der Waals surface area (Å²) in [5.74, 6) is 0.129. The molecule has 0 aliphatic rings. The van der Waals surface area contributed by atoms with Gasteiger partial charge in [-0.1, -0.05) is 26.0 Å². The highest BCUT2D eigenvalue weighted by molar-refractivity contribution is 7.12. The highest BCUT2D eigenvalue weighted by Crippen LogP contribution is 2.23. The number of rotatable bonds is 7. The third-order valence-electron chi connectivity index (χ3n) is 3.70. The van der Waals surface area contributed by atoms with Crippen LogP contribution in [0.2, 0.25) is 0 Å². The number of ketones is 1. The Balaban J connectivity index is 1.96. The number of hydrogen-bond donors (Lipinski definition) is 1. The van der Waals surface area contributed by atoms with Crippen LogP contribution in [0.25, 0.3) is 0 Å². The average molecular weight is 330 g/mol. The average Bonchev–Trinajstić information content (AvgIpc) is 3.05. The Morgan fingerprint density at radius 1 is 1.22 bits per heavy atom. The number of carbonyl (C=O) groups excluding carboxylic acids is 2. The van der Waals surface area contributed by atoms with E-state index in [4.69, 9.17) is 0 Å². The second-order valence-corrected chi connectivity index (χ2v) is 6.84. The Kier molecular flexibility index (Phi) is 6.04. The van der Waals surface area contributed by atoms with E-state index in [1.807, 2.05) is 30.5 Å². The number of aryl methyl sites for hydroxylation is 1. The highest BCUT2D eigenvalue weighted by atomic mass is 32.1. The Morgan fingerprint density at radius 2 is 2.00 bits per heavy atom. The maximum atomic E-state index is 12.2. The first kappa shape index (κ1) is 17.3. The number of hydrogen-bond acceptors (Lipinski definition) is 4. The first-order valence-electron chi connectivity index (χ1n) is 7.76. The summed E-state index contributed by atoms with van der Waals surface area (Å²) in [6.45, 7) is 6.09. The van der Waals surface area contributed by atoms with E-state index in [2.05, 4.69) is 24.1 Å². The first-order valence-corrected chi connectivity index (χ1v) is 8.64. The molecule has 1 atom stereocenters. The Labute approximate surface area is 141 Å². The number of pyridine rings is 1. The fraction of sp³-hybridized carbons (Fsp3) is 0.389. The van der Waals surface area contributed by atoms with Crippen LogP contribution in [-0.4, -0.2) is 16.7 Å². The molecule has 0 fully saturated rings. The van der Waals surface area contributed by atoms with Gasteiger partial charge in [-0.05, 0) is 35.9 Å². The molecule has 0 aliphatic heterocycles. The van der Waals surface area contributed by atoms with Crippen LogP contribution in [0.5, 0.6) is 0 Å². The zero-order chi connectivity index (χ0) is 16.8. The lowest BCUT2D eigenvalue weighted by Gasteiger charge is -2.23. The highest BCUT2D eigenvalue weighted by Gasteiger charge is 2.21. The molecule has 1 amide bonds. The Hall–Kier alpha value is -2.01. The molecule has 1 unspecified atom stereocenters. The van der Waals surface area contributed by atoms with Crippen molar-refractivity contribution in [3.05, 3.63) is 52.0 Å². The topological polar surface area (TPSA) is 59.1 Å². The normalized spacial score (nSPS) is 12.2. The SMILES string of the molecule is Cc1cccnc1C(NC(=O)CCC(=O)c1cccs1)C(C)C. The molecule has 0 spiro atoms. The third-order valence-corrected chi connectivity index (χ3v) is 4.61. The molecule has 0 aromatic carbocycles. The van der Waals surface area contributed by atoms with Crippen LogP contribution in [-0.2, 0) is 4.79 Å². The summed E-state index contributed by atoms with van der Waals surface area (Å²) in [4.78, 5) is 29.3. The maximum absolute atomic E-state index is 12.2. The minimum atomic E-state index is -0.138. The minimum absolute atomic E-state index is 0.0188. The summed E-state index contributed by atoms with van der Waals surface area (Å²) in [5.41, 5.74) is 1.95. The molecule has 23 heavy (non-hydrogen) atoms. The second kappa shape index (κ2) is 8.02. The van der Waals surface area contributed by atoms with Gasteiger partial charge in [-0.2, -0.15) is 0 Å². The Morgan fingerprint density at radius 3 is 2.61 bits per heavy atom. The molecule has 2 aromatic rings. The summed E-state index contributed by atoms with van der Waals surface area (Å²) < 4.78 is 0.